The lowest BCUT2D eigenvalue weighted by atomic mass is 10.0. The summed E-state index contributed by atoms with van der Waals surface area (Å²) >= 11 is 1.85. The van der Waals surface area contributed by atoms with E-state index < -0.39 is 0 Å². The maximum absolute atomic E-state index is 5.11. The molecule has 0 aliphatic rings. The van der Waals surface area contributed by atoms with Crippen LogP contribution in [0, 0.1) is 0 Å². The number of aromatic nitrogens is 4. The second-order valence-electron chi connectivity index (χ2n) is 12.4. The standard InChI is InChI=1S/C45H28N4S/c1-3-12-30(13-4-1)43-46-44(31-14-5-2-6-15-31)48-45(47-43)38-19-11-18-37-34-16-7-9-20-39(34)49(42(37)38)33-25-22-29(23-26-33)32-24-27-36-35-17-8-10-21-40(35)50-41(36)28-32/h1-28H. The van der Waals surface area contributed by atoms with Crippen LogP contribution in [0.25, 0.3) is 93.0 Å². The molecule has 0 aliphatic heterocycles. The van der Waals surface area contributed by atoms with Crippen molar-refractivity contribution in [3.63, 3.8) is 0 Å². The number of rotatable bonds is 5. The lowest BCUT2D eigenvalue weighted by molar-refractivity contribution is 1.07. The second-order valence-corrected chi connectivity index (χ2v) is 13.5. The highest BCUT2D eigenvalue weighted by Crippen LogP contribution is 2.39. The summed E-state index contributed by atoms with van der Waals surface area (Å²) < 4.78 is 4.98. The first-order chi connectivity index (χ1) is 24.8. The topological polar surface area (TPSA) is 43.6 Å². The first-order valence-corrected chi connectivity index (χ1v) is 17.5. The van der Waals surface area contributed by atoms with E-state index in [1.807, 2.05) is 72.0 Å². The van der Waals surface area contributed by atoms with Gasteiger partial charge >= 0.3 is 0 Å². The highest BCUT2D eigenvalue weighted by Gasteiger charge is 2.20. The molecule has 0 spiro atoms. The zero-order valence-electron chi connectivity index (χ0n) is 26.9. The average Bonchev–Trinajstić information content (AvgIpc) is 3.74. The fraction of sp³-hybridized carbons (Fsp3) is 0. The van der Waals surface area contributed by atoms with Crippen LogP contribution in [0.1, 0.15) is 0 Å². The first kappa shape index (κ1) is 28.6. The summed E-state index contributed by atoms with van der Waals surface area (Å²) in [5.41, 5.74) is 8.53. The molecule has 3 aromatic heterocycles. The Morgan fingerprint density at radius 1 is 0.380 bits per heavy atom. The van der Waals surface area contributed by atoms with E-state index in [4.69, 9.17) is 15.0 Å². The number of fused-ring (bicyclic) bond motifs is 6. The van der Waals surface area contributed by atoms with Crippen molar-refractivity contribution in [2.75, 3.05) is 0 Å². The average molecular weight is 657 g/mol. The summed E-state index contributed by atoms with van der Waals surface area (Å²) in [6.45, 7) is 0. The van der Waals surface area contributed by atoms with Crippen LogP contribution in [-0.4, -0.2) is 19.5 Å². The fourth-order valence-corrected chi connectivity index (χ4v) is 8.25. The molecule has 4 nitrogen and oxygen atoms in total. The molecule has 50 heavy (non-hydrogen) atoms. The predicted molar refractivity (Wildman–Crippen MR) is 209 cm³/mol. The van der Waals surface area contributed by atoms with E-state index >= 15 is 0 Å². The fourth-order valence-electron chi connectivity index (χ4n) is 7.10. The largest absolute Gasteiger partial charge is 0.308 e. The Kier molecular flexibility index (Phi) is 6.64. The molecule has 0 atom stereocenters. The lowest BCUT2D eigenvalue weighted by Crippen LogP contribution is -2.02. The van der Waals surface area contributed by atoms with Gasteiger partial charge in [0.25, 0.3) is 0 Å². The maximum atomic E-state index is 5.11. The molecular formula is C45H28N4S. The molecule has 0 aliphatic carbocycles. The van der Waals surface area contributed by atoms with Gasteiger partial charge in [-0.3, -0.25) is 0 Å². The van der Waals surface area contributed by atoms with E-state index in [2.05, 4.69) is 114 Å². The second kappa shape index (κ2) is 11.6. The van der Waals surface area contributed by atoms with Crippen LogP contribution >= 0.6 is 11.3 Å². The molecular weight excluding hydrogens is 629 g/mol. The summed E-state index contributed by atoms with van der Waals surface area (Å²) in [6, 6.07) is 59.7. The molecule has 0 saturated carbocycles. The third kappa shape index (κ3) is 4.71. The van der Waals surface area contributed by atoms with Gasteiger partial charge in [0.15, 0.2) is 17.5 Å². The third-order valence-electron chi connectivity index (χ3n) is 9.47. The van der Waals surface area contributed by atoms with Crippen LogP contribution in [0.15, 0.2) is 170 Å². The minimum atomic E-state index is 0.639. The van der Waals surface area contributed by atoms with Gasteiger partial charge in [-0.1, -0.05) is 133 Å². The van der Waals surface area contributed by atoms with E-state index in [0.717, 1.165) is 38.8 Å². The smallest absolute Gasteiger partial charge is 0.166 e. The Balaban J connectivity index is 1.16. The molecule has 0 unspecified atom stereocenters. The SMILES string of the molecule is c1ccc(-c2nc(-c3ccccc3)nc(-c3cccc4c5ccccc5n(-c5ccc(-c6ccc7c(c6)sc6ccccc67)cc5)c34)n2)cc1. The van der Waals surface area contributed by atoms with Crippen molar-refractivity contribution in [3.05, 3.63) is 170 Å². The zero-order chi connectivity index (χ0) is 33.0. The van der Waals surface area contributed by atoms with Gasteiger partial charge in [-0.25, -0.2) is 15.0 Å². The van der Waals surface area contributed by atoms with Crippen molar-refractivity contribution in [3.8, 4) is 51.0 Å². The summed E-state index contributed by atoms with van der Waals surface area (Å²) in [4.78, 5) is 15.2. The monoisotopic (exact) mass is 656 g/mol. The van der Waals surface area contributed by atoms with Crippen molar-refractivity contribution in [2.24, 2.45) is 0 Å². The van der Waals surface area contributed by atoms with Gasteiger partial charge in [0.05, 0.1) is 11.0 Å². The molecule has 0 amide bonds. The molecule has 0 radical (unpaired) electrons. The highest BCUT2D eigenvalue weighted by molar-refractivity contribution is 7.25. The van der Waals surface area contributed by atoms with E-state index in [9.17, 15) is 0 Å². The van der Waals surface area contributed by atoms with Gasteiger partial charge < -0.3 is 4.57 Å². The minimum Gasteiger partial charge on any atom is -0.308 e. The van der Waals surface area contributed by atoms with Gasteiger partial charge in [-0.15, -0.1) is 11.3 Å². The van der Waals surface area contributed by atoms with E-state index in [1.165, 1.54) is 36.7 Å². The molecule has 0 N–H and O–H groups in total. The van der Waals surface area contributed by atoms with E-state index in [0.29, 0.717) is 17.5 Å². The minimum absolute atomic E-state index is 0.639. The number of benzene rings is 7. The van der Waals surface area contributed by atoms with Gasteiger partial charge in [-0.05, 0) is 47.5 Å². The molecule has 10 aromatic rings. The Hall–Kier alpha value is -6.43. The number of nitrogens with zero attached hydrogens (tertiary/aromatic N) is 4. The quantitative estimate of drug-likeness (QED) is 0.185. The molecule has 0 fully saturated rings. The third-order valence-corrected chi connectivity index (χ3v) is 10.6. The van der Waals surface area contributed by atoms with Crippen LogP contribution in [0.2, 0.25) is 0 Å². The van der Waals surface area contributed by atoms with Crippen LogP contribution < -0.4 is 0 Å². The summed E-state index contributed by atoms with van der Waals surface area (Å²) in [7, 11) is 0. The van der Waals surface area contributed by atoms with Crippen molar-refractivity contribution in [1.29, 1.82) is 0 Å². The molecule has 10 rings (SSSR count). The first-order valence-electron chi connectivity index (χ1n) is 16.7. The van der Waals surface area contributed by atoms with Gasteiger partial charge in [-0.2, -0.15) is 0 Å². The van der Waals surface area contributed by atoms with E-state index in [1.54, 1.807) is 0 Å². The van der Waals surface area contributed by atoms with Crippen molar-refractivity contribution in [1.82, 2.24) is 19.5 Å². The Labute approximate surface area is 292 Å². The number of hydrogen-bond donors (Lipinski definition) is 0. The number of hydrogen-bond acceptors (Lipinski definition) is 4. The predicted octanol–water partition coefficient (Wildman–Crippen LogP) is 12.0. The van der Waals surface area contributed by atoms with Crippen molar-refractivity contribution >= 4 is 53.3 Å². The van der Waals surface area contributed by atoms with E-state index in [-0.39, 0.29) is 0 Å². The molecule has 0 saturated heterocycles. The summed E-state index contributed by atoms with van der Waals surface area (Å²) in [5, 5.41) is 4.97. The number of thiophene rings is 1. The van der Waals surface area contributed by atoms with Crippen molar-refractivity contribution < 1.29 is 0 Å². The van der Waals surface area contributed by atoms with Gasteiger partial charge in [0.2, 0.25) is 0 Å². The molecule has 234 valence electrons. The zero-order valence-corrected chi connectivity index (χ0v) is 27.7. The lowest BCUT2D eigenvalue weighted by Gasteiger charge is -2.13. The molecule has 7 aromatic carbocycles. The normalized spacial score (nSPS) is 11.6. The maximum Gasteiger partial charge on any atom is 0.166 e. The Morgan fingerprint density at radius 3 is 1.70 bits per heavy atom. The number of para-hydroxylation sites is 2. The summed E-state index contributed by atoms with van der Waals surface area (Å²) in [6.07, 6.45) is 0. The van der Waals surface area contributed by atoms with Crippen LogP contribution in [0.3, 0.4) is 0 Å². The van der Waals surface area contributed by atoms with Crippen molar-refractivity contribution in [2.45, 2.75) is 0 Å². The van der Waals surface area contributed by atoms with Gasteiger partial charge in [0, 0.05) is 53.3 Å². The molecule has 0 bridgehead atoms. The highest BCUT2D eigenvalue weighted by atomic mass is 32.1. The molecule has 5 heteroatoms. The summed E-state index contributed by atoms with van der Waals surface area (Å²) in [5.74, 6) is 1.93. The van der Waals surface area contributed by atoms with Gasteiger partial charge in [0.1, 0.15) is 0 Å². The Morgan fingerprint density at radius 2 is 0.960 bits per heavy atom. The Bertz CT molecular complexity index is 2800. The van der Waals surface area contributed by atoms with Crippen LogP contribution in [0.5, 0.6) is 0 Å². The molecule has 3 heterocycles. The van der Waals surface area contributed by atoms with Crippen LogP contribution in [0.4, 0.5) is 0 Å². The van der Waals surface area contributed by atoms with Crippen LogP contribution in [-0.2, 0) is 0 Å².